The fraction of sp³-hybridized carbons (Fsp3) is 0.200. The SMILES string of the molecule is Cc1ccc(C2=NN(C(=O)CSc3ncccn3)C(c3ccco3)C2)cc1. The molecule has 1 aliphatic rings. The number of benzene rings is 1. The van der Waals surface area contributed by atoms with Gasteiger partial charge in [0.25, 0.3) is 5.91 Å². The van der Waals surface area contributed by atoms with Gasteiger partial charge < -0.3 is 4.42 Å². The van der Waals surface area contributed by atoms with Crippen LogP contribution in [0.2, 0.25) is 0 Å². The third kappa shape index (κ3) is 3.93. The Kier molecular flexibility index (Phi) is 5.02. The van der Waals surface area contributed by atoms with Gasteiger partial charge in [-0.3, -0.25) is 4.79 Å². The van der Waals surface area contributed by atoms with Crippen molar-refractivity contribution < 1.29 is 9.21 Å². The van der Waals surface area contributed by atoms with Crippen molar-refractivity contribution in [2.75, 3.05) is 5.75 Å². The minimum absolute atomic E-state index is 0.101. The Morgan fingerprint density at radius 3 is 2.67 bits per heavy atom. The Bertz CT molecular complexity index is 940. The van der Waals surface area contributed by atoms with Crippen LogP contribution in [0.1, 0.15) is 29.3 Å². The van der Waals surface area contributed by atoms with Gasteiger partial charge in [-0.15, -0.1) is 0 Å². The molecule has 0 N–H and O–H groups in total. The highest BCUT2D eigenvalue weighted by Crippen LogP contribution is 2.33. The number of amides is 1. The van der Waals surface area contributed by atoms with Gasteiger partial charge in [0.2, 0.25) is 0 Å². The normalized spacial score (nSPS) is 16.4. The number of furan rings is 1. The standard InChI is InChI=1S/C20H18N4O2S/c1-14-5-7-15(8-6-14)16-12-17(18-4-2-11-26-18)24(23-16)19(25)13-27-20-21-9-3-10-22-20/h2-11,17H,12-13H2,1H3. The van der Waals surface area contributed by atoms with E-state index in [0.29, 0.717) is 11.6 Å². The van der Waals surface area contributed by atoms with E-state index in [1.54, 1.807) is 24.7 Å². The molecule has 6 nitrogen and oxygen atoms in total. The summed E-state index contributed by atoms with van der Waals surface area (Å²) < 4.78 is 5.57. The second-order valence-electron chi connectivity index (χ2n) is 6.21. The summed E-state index contributed by atoms with van der Waals surface area (Å²) in [5, 5.41) is 6.73. The minimum atomic E-state index is -0.235. The quantitative estimate of drug-likeness (QED) is 0.498. The Morgan fingerprint density at radius 1 is 1.19 bits per heavy atom. The molecular weight excluding hydrogens is 360 g/mol. The number of carbonyl (C=O) groups is 1. The third-order valence-corrected chi connectivity index (χ3v) is 5.15. The molecule has 136 valence electrons. The number of hydrogen-bond acceptors (Lipinski definition) is 6. The van der Waals surface area contributed by atoms with Crippen molar-refractivity contribution in [2.24, 2.45) is 5.10 Å². The van der Waals surface area contributed by atoms with Gasteiger partial charge in [0.15, 0.2) is 5.16 Å². The molecule has 0 saturated heterocycles. The predicted octanol–water partition coefficient (Wildman–Crippen LogP) is 3.85. The Morgan fingerprint density at radius 2 is 1.96 bits per heavy atom. The zero-order valence-electron chi connectivity index (χ0n) is 14.8. The van der Waals surface area contributed by atoms with E-state index in [1.165, 1.54) is 22.3 Å². The van der Waals surface area contributed by atoms with Crippen LogP contribution in [0.25, 0.3) is 0 Å². The lowest BCUT2D eigenvalue weighted by molar-refractivity contribution is -0.130. The van der Waals surface area contributed by atoms with Crippen LogP contribution < -0.4 is 0 Å². The fourth-order valence-corrected chi connectivity index (χ4v) is 3.57. The summed E-state index contributed by atoms with van der Waals surface area (Å²) in [6.45, 7) is 2.05. The summed E-state index contributed by atoms with van der Waals surface area (Å²) in [4.78, 5) is 21.1. The molecule has 0 aliphatic carbocycles. The van der Waals surface area contributed by atoms with Crippen LogP contribution in [0.15, 0.2) is 75.8 Å². The van der Waals surface area contributed by atoms with E-state index in [9.17, 15) is 4.79 Å². The van der Waals surface area contributed by atoms with Crippen molar-refractivity contribution in [1.82, 2.24) is 15.0 Å². The largest absolute Gasteiger partial charge is 0.467 e. The van der Waals surface area contributed by atoms with E-state index >= 15 is 0 Å². The molecule has 4 rings (SSSR count). The van der Waals surface area contributed by atoms with Gasteiger partial charge in [-0.25, -0.2) is 15.0 Å². The molecule has 0 spiro atoms. The number of carbonyl (C=O) groups excluding carboxylic acids is 1. The monoisotopic (exact) mass is 378 g/mol. The Labute approximate surface area is 161 Å². The second-order valence-corrected chi connectivity index (χ2v) is 7.15. The van der Waals surface area contributed by atoms with Crippen LogP contribution in [-0.2, 0) is 4.79 Å². The number of thioether (sulfide) groups is 1. The van der Waals surface area contributed by atoms with Crippen molar-refractivity contribution in [3.63, 3.8) is 0 Å². The molecule has 1 aliphatic heterocycles. The average Bonchev–Trinajstić information content (AvgIpc) is 3.37. The number of rotatable bonds is 5. The van der Waals surface area contributed by atoms with Crippen LogP contribution in [0, 0.1) is 6.92 Å². The maximum Gasteiger partial charge on any atom is 0.253 e. The van der Waals surface area contributed by atoms with Gasteiger partial charge >= 0.3 is 0 Å². The molecule has 0 saturated carbocycles. The van der Waals surface area contributed by atoms with Crippen molar-refractivity contribution >= 4 is 23.4 Å². The van der Waals surface area contributed by atoms with E-state index in [0.717, 1.165) is 17.0 Å². The van der Waals surface area contributed by atoms with E-state index in [-0.39, 0.29) is 17.7 Å². The summed E-state index contributed by atoms with van der Waals surface area (Å²) in [6.07, 6.45) is 5.56. The number of aromatic nitrogens is 2. The molecule has 0 radical (unpaired) electrons. The third-order valence-electron chi connectivity index (χ3n) is 4.29. The lowest BCUT2D eigenvalue weighted by Gasteiger charge is -2.19. The van der Waals surface area contributed by atoms with Gasteiger partial charge in [-0.2, -0.15) is 5.10 Å². The van der Waals surface area contributed by atoms with E-state index in [4.69, 9.17) is 4.42 Å². The van der Waals surface area contributed by atoms with Crippen LogP contribution in [0.3, 0.4) is 0 Å². The van der Waals surface area contributed by atoms with Crippen LogP contribution >= 0.6 is 11.8 Å². The van der Waals surface area contributed by atoms with Gasteiger partial charge in [-0.1, -0.05) is 41.6 Å². The average molecular weight is 378 g/mol. The lowest BCUT2D eigenvalue weighted by atomic mass is 10.0. The summed E-state index contributed by atoms with van der Waals surface area (Å²) in [7, 11) is 0. The number of hydrogen-bond donors (Lipinski definition) is 0. The number of nitrogens with zero attached hydrogens (tertiary/aromatic N) is 4. The highest BCUT2D eigenvalue weighted by atomic mass is 32.2. The highest BCUT2D eigenvalue weighted by Gasteiger charge is 2.34. The smallest absolute Gasteiger partial charge is 0.253 e. The molecule has 7 heteroatoms. The maximum atomic E-state index is 12.9. The molecule has 1 atom stereocenters. The molecule has 3 heterocycles. The lowest BCUT2D eigenvalue weighted by Crippen LogP contribution is -2.28. The summed E-state index contributed by atoms with van der Waals surface area (Å²) >= 11 is 1.30. The van der Waals surface area contributed by atoms with E-state index in [2.05, 4.69) is 15.1 Å². The van der Waals surface area contributed by atoms with Crippen molar-refractivity contribution in [1.29, 1.82) is 0 Å². The number of hydrazone groups is 1. The first-order chi connectivity index (χ1) is 13.2. The highest BCUT2D eigenvalue weighted by molar-refractivity contribution is 7.99. The molecule has 3 aromatic rings. The molecule has 1 amide bonds. The molecule has 0 fully saturated rings. The van der Waals surface area contributed by atoms with Gasteiger partial charge in [0.05, 0.1) is 17.7 Å². The van der Waals surface area contributed by atoms with Gasteiger partial charge in [-0.05, 0) is 30.7 Å². The minimum Gasteiger partial charge on any atom is -0.467 e. The Hall–Kier alpha value is -2.93. The first-order valence-corrected chi connectivity index (χ1v) is 9.59. The van der Waals surface area contributed by atoms with Crippen LogP contribution in [0.4, 0.5) is 0 Å². The molecule has 27 heavy (non-hydrogen) atoms. The van der Waals surface area contributed by atoms with Crippen molar-refractivity contribution in [3.8, 4) is 0 Å². The first-order valence-electron chi connectivity index (χ1n) is 8.60. The van der Waals surface area contributed by atoms with Crippen LogP contribution in [-0.4, -0.2) is 32.3 Å². The summed E-state index contributed by atoms with van der Waals surface area (Å²) in [5.41, 5.74) is 3.09. The van der Waals surface area contributed by atoms with Gasteiger partial charge in [0.1, 0.15) is 11.8 Å². The van der Waals surface area contributed by atoms with Crippen molar-refractivity contribution in [2.45, 2.75) is 24.5 Å². The Balaban J connectivity index is 1.55. The van der Waals surface area contributed by atoms with Crippen LogP contribution in [0.5, 0.6) is 0 Å². The molecular formula is C20H18N4O2S. The van der Waals surface area contributed by atoms with E-state index in [1.807, 2.05) is 43.3 Å². The fourth-order valence-electron chi connectivity index (χ4n) is 2.92. The predicted molar refractivity (Wildman–Crippen MR) is 103 cm³/mol. The molecule has 1 unspecified atom stereocenters. The zero-order valence-corrected chi connectivity index (χ0v) is 15.6. The zero-order chi connectivity index (χ0) is 18.6. The summed E-state index contributed by atoms with van der Waals surface area (Å²) in [6, 6.07) is 13.4. The van der Waals surface area contributed by atoms with E-state index < -0.39 is 0 Å². The van der Waals surface area contributed by atoms with Gasteiger partial charge in [0, 0.05) is 18.8 Å². The summed E-state index contributed by atoms with van der Waals surface area (Å²) in [5.74, 6) is 0.845. The second kappa shape index (κ2) is 7.75. The van der Waals surface area contributed by atoms with Crippen molar-refractivity contribution in [3.05, 3.63) is 78.0 Å². The molecule has 2 aromatic heterocycles. The topological polar surface area (TPSA) is 71.6 Å². The maximum absolute atomic E-state index is 12.9. The first kappa shape index (κ1) is 17.5. The molecule has 1 aromatic carbocycles. The molecule has 0 bridgehead atoms. The number of aryl methyl sites for hydroxylation is 1.